The van der Waals surface area contributed by atoms with Crippen LogP contribution < -0.4 is 4.72 Å². The SMILES string of the molecule is Cc1nn(-c2cccc(Br)c2)c(C)c1[C@@H]1C=C[C@@H](NS(C)(=O)=O)C1. The molecule has 7 heteroatoms. The molecule has 2 atom stereocenters. The number of aromatic nitrogens is 2. The number of sulfonamides is 1. The molecule has 1 aromatic carbocycles. The summed E-state index contributed by atoms with van der Waals surface area (Å²) in [5, 5.41) is 4.69. The first kappa shape index (κ1) is 17.4. The number of nitrogens with zero attached hydrogens (tertiary/aromatic N) is 2. The molecule has 1 aliphatic carbocycles. The van der Waals surface area contributed by atoms with E-state index in [1.54, 1.807) is 0 Å². The quantitative estimate of drug-likeness (QED) is 0.788. The predicted molar refractivity (Wildman–Crippen MR) is 99.0 cm³/mol. The highest BCUT2D eigenvalue weighted by Crippen LogP contribution is 2.34. The lowest BCUT2D eigenvalue weighted by Gasteiger charge is -2.13. The van der Waals surface area contributed by atoms with Crippen molar-refractivity contribution in [3.05, 3.63) is 57.8 Å². The molecule has 0 saturated heterocycles. The van der Waals surface area contributed by atoms with Gasteiger partial charge in [-0.25, -0.2) is 17.8 Å². The Morgan fingerprint density at radius 1 is 1.29 bits per heavy atom. The zero-order chi connectivity index (χ0) is 17.5. The molecule has 24 heavy (non-hydrogen) atoms. The van der Waals surface area contributed by atoms with Crippen molar-refractivity contribution in [2.45, 2.75) is 32.2 Å². The van der Waals surface area contributed by atoms with Crippen LogP contribution in [0.5, 0.6) is 0 Å². The van der Waals surface area contributed by atoms with E-state index in [0.29, 0.717) is 0 Å². The number of hydrogen-bond donors (Lipinski definition) is 1. The van der Waals surface area contributed by atoms with Crippen LogP contribution in [0, 0.1) is 13.8 Å². The molecule has 0 radical (unpaired) electrons. The Bertz CT molecular complexity index is 903. The zero-order valence-corrected chi connectivity index (χ0v) is 16.2. The van der Waals surface area contributed by atoms with Crippen LogP contribution in [0.1, 0.15) is 29.3 Å². The van der Waals surface area contributed by atoms with Crippen molar-refractivity contribution < 1.29 is 8.42 Å². The van der Waals surface area contributed by atoms with Crippen molar-refractivity contribution in [1.82, 2.24) is 14.5 Å². The maximum absolute atomic E-state index is 11.4. The summed E-state index contributed by atoms with van der Waals surface area (Å²) in [6, 6.07) is 7.86. The number of nitrogens with one attached hydrogen (secondary N) is 1. The number of hydrogen-bond acceptors (Lipinski definition) is 3. The van der Waals surface area contributed by atoms with Gasteiger partial charge in [-0.1, -0.05) is 34.1 Å². The highest BCUT2D eigenvalue weighted by Gasteiger charge is 2.27. The second kappa shape index (κ2) is 6.46. The minimum atomic E-state index is -3.20. The Labute approximate surface area is 150 Å². The first-order valence-electron chi connectivity index (χ1n) is 7.72. The van der Waals surface area contributed by atoms with E-state index in [9.17, 15) is 8.42 Å². The lowest BCUT2D eigenvalue weighted by atomic mass is 9.96. The van der Waals surface area contributed by atoms with Crippen LogP contribution >= 0.6 is 15.9 Å². The fourth-order valence-electron chi connectivity index (χ4n) is 3.33. The predicted octanol–water partition coefficient (Wildman–Crippen LogP) is 3.21. The molecule has 3 rings (SSSR count). The molecule has 128 valence electrons. The van der Waals surface area contributed by atoms with E-state index in [2.05, 4.69) is 38.8 Å². The summed E-state index contributed by atoms with van der Waals surface area (Å²) < 4.78 is 28.4. The summed E-state index contributed by atoms with van der Waals surface area (Å²) >= 11 is 3.49. The molecule has 0 bridgehead atoms. The van der Waals surface area contributed by atoms with Crippen molar-refractivity contribution in [2.24, 2.45) is 0 Å². The molecule has 1 aliphatic rings. The van der Waals surface area contributed by atoms with Crippen LogP contribution in [0.25, 0.3) is 5.69 Å². The van der Waals surface area contributed by atoms with Gasteiger partial charge in [0.25, 0.3) is 0 Å². The molecule has 0 saturated carbocycles. The summed E-state index contributed by atoms with van der Waals surface area (Å²) in [6.07, 6.45) is 5.92. The van der Waals surface area contributed by atoms with Gasteiger partial charge in [0.05, 0.1) is 17.6 Å². The second-order valence-corrected chi connectivity index (χ2v) is 8.90. The molecule has 2 aromatic rings. The molecule has 0 aliphatic heterocycles. The maximum Gasteiger partial charge on any atom is 0.209 e. The van der Waals surface area contributed by atoms with Crippen LogP contribution in [-0.4, -0.2) is 30.5 Å². The Hall–Kier alpha value is -1.44. The van der Waals surface area contributed by atoms with Crippen molar-refractivity contribution in [3.8, 4) is 5.69 Å². The van der Waals surface area contributed by atoms with Crippen LogP contribution in [0.4, 0.5) is 0 Å². The number of rotatable bonds is 4. The third kappa shape index (κ3) is 3.63. The van der Waals surface area contributed by atoms with Gasteiger partial charge in [0, 0.05) is 27.7 Å². The number of benzene rings is 1. The lowest BCUT2D eigenvalue weighted by molar-refractivity contribution is 0.569. The fraction of sp³-hybridized carbons (Fsp3) is 0.353. The molecule has 1 aromatic heterocycles. The van der Waals surface area contributed by atoms with Gasteiger partial charge >= 0.3 is 0 Å². The Kier molecular flexibility index (Phi) is 4.68. The van der Waals surface area contributed by atoms with Gasteiger partial charge < -0.3 is 0 Å². The summed E-state index contributed by atoms with van der Waals surface area (Å²) in [4.78, 5) is 0. The number of allylic oxidation sites excluding steroid dienone is 1. The van der Waals surface area contributed by atoms with E-state index in [1.807, 2.05) is 41.9 Å². The summed E-state index contributed by atoms with van der Waals surface area (Å²) in [7, 11) is -3.20. The topological polar surface area (TPSA) is 64.0 Å². The molecule has 0 unspecified atom stereocenters. The Morgan fingerprint density at radius 3 is 2.71 bits per heavy atom. The van der Waals surface area contributed by atoms with Gasteiger partial charge in [0.2, 0.25) is 10.0 Å². The van der Waals surface area contributed by atoms with Crippen molar-refractivity contribution >= 4 is 26.0 Å². The van der Waals surface area contributed by atoms with Gasteiger partial charge in [0.1, 0.15) is 0 Å². The average molecular weight is 410 g/mol. The van der Waals surface area contributed by atoms with Crippen LogP contribution in [0.3, 0.4) is 0 Å². The van der Waals surface area contributed by atoms with Crippen molar-refractivity contribution in [2.75, 3.05) is 6.26 Å². The third-order valence-electron chi connectivity index (χ3n) is 4.22. The molecule has 0 fully saturated rings. The van der Waals surface area contributed by atoms with Gasteiger partial charge in [-0.05, 0) is 38.5 Å². The summed E-state index contributed by atoms with van der Waals surface area (Å²) in [6.45, 7) is 4.06. The highest BCUT2D eigenvalue weighted by atomic mass is 79.9. The fourth-order valence-corrected chi connectivity index (χ4v) is 4.44. The Balaban J connectivity index is 1.90. The van der Waals surface area contributed by atoms with E-state index in [0.717, 1.165) is 28.0 Å². The van der Waals surface area contributed by atoms with Crippen molar-refractivity contribution in [3.63, 3.8) is 0 Å². The molecule has 5 nitrogen and oxygen atoms in total. The molecule has 0 amide bonds. The minimum Gasteiger partial charge on any atom is -0.238 e. The number of halogens is 1. The standard InChI is InChI=1S/C17H20BrN3O2S/c1-11-17(13-7-8-15(9-13)20-24(3,22)23)12(2)21(19-11)16-6-4-5-14(18)10-16/h4-8,10,13,15,20H,9H2,1-3H3/t13-,15-/m1/s1. The normalized spacial score (nSPS) is 20.7. The minimum absolute atomic E-state index is 0.155. The Morgan fingerprint density at radius 2 is 2.04 bits per heavy atom. The molecular weight excluding hydrogens is 390 g/mol. The largest absolute Gasteiger partial charge is 0.238 e. The zero-order valence-electron chi connectivity index (χ0n) is 13.8. The smallest absolute Gasteiger partial charge is 0.209 e. The van der Waals surface area contributed by atoms with Gasteiger partial charge in [-0.15, -0.1) is 0 Å². The molecule has 1 N–H and O–H groups in total. The lowest BCUT2D eigenvalue weighted by Crippen LogP contribution is -2.31. The van der Waals surface area contributed by atoms with E-state index >= 15 is 0 Å². The average Bonchev–Trinajstić information content (AvgIpc) is 3.01. The monoisotopic (exact) mass is 409 g/mol. The summed E-state index contributed by atoms with van der Waals surface area (Å²) in [5.41, 5.74) is 4.23. The third-order valence-corrected chi connectivity index (χ3v) is 5.44. The van der Waals surface area contributed by atoms with Crippen LogP contribution in [0.2, 0.25) is 0 Å². The summed E-state index contributed by atoms with van der Waals surface area (Å²) in [5.74, 6) is 0.171. The van der Waals surface area contributed by atoms with E-state index in [-0.39, 0.29) is 12.0 Å². The molecule has 1 heterocycles. The van der Waals surface area contributed by atoms with Gasteiger partial charge in [0.15, 0.2) is 0 Å². The second-order valence-electron chi connectivity index (χ2n) is 6.20. The molecule has 0 spiro atoms. The van der Waals surface area contributed by atoms with E-state index in [4.69, 9.17) is 0 Å². The first-order chi connectivity index (χ1) is 11.2. The maximum atomic E-state index is 11.4. The van der Waals surface area contributed by atoms with Crippen LogP contribution in [-0.2, 0) is 10.0 Å². The van der Waals surface area contributed by atoms with Crippen LogP contribution in [0.15, 0.2) is 40.9 Å². The van der Waals surface area contributed by atoms with Crippen molar-refractivity contribution in [1.29, 1.82) is 0 Å². The highest BCUT2D eigenvalue weighted by molar-refractivity contribution is 9.10. The first-order valence-corrected chi connectivity index (χ1v) is 10.4. The van der Waals surface area contributed by atoms with E-state index < -0.39 is 10.0 Å². The van der Waals surface area contributed by atoms with E-state index in [1.165, 1.54) is 11.8 Å². The number of aryl methyl sites for hydroxylation is 1. The van der Waals surface area contributed by atoms with Gasteiger partial charge in [-0.3, -0.25) is 0 Å². The van der Waals surface area contributed by atoms with Gasteiger partial charge in [-0.2, -0.15) is 5.10 Å². The molecular formula is C17H20BrN3O2S.